The molecule has 2 aromatic carbocycles. The van der Waals surface area contributed by atoms with Gasteiger partial charge in [-0.1, -0.05) is 48.2 Å². The number of likely N-dealkylation sites (tertiary alicyclic amines) is 1. The van der Waals surface area contributed by atoms with Crippen molar-refractivity contribution < 1.29 is 9.53 Å². The molecule has 0 N–H and O–H groups in total. The van der Waals surface area contributed by atoms with Crippen molar-refractivity contribution in [3.05, 3.63) is 71.0 Å². The van der Waals surface area contributed by atoms with Gasteiger partial charge in [-0.3, -0.25) is 4.79 Å². The maximum atomic E-state index is 13.1. The summed E-state index contributed by atoms with van der Waals surface area (Å²) in [6.07, 6.45) is 3.69. The quantitative estimate of drug-likeness (QED) is 0.360. The van der Waals surface area contributed by atoms with E-state index in [-0.39, 0.29) is 5.91 Å². The lowest BCUT2D eigenvalue weighted by molar-refractivity contribution is 0.0686. The summed E-state index contributed by atoms with van der Waals surface area (Å²) >= 11 is 1.22. The number of carbonyl (C=O) groups excluding carboxylic acids is 1. The Morgan fingerprint density at radius 3 is 2.65 bits per heavy atom. The summed E-state index contributed by atoms with van der Waals surface area (Å²) in [6, 6.07) is 18.1. The van der Waals surface area contributed by atoms with Crippen molar-refractivity contribution in [2.45, 2.75) is 45.8 Å². The Balaban J connectivity index is 1.26. The minimum atomic E-state index is 0.0851. The average Bonchev–Trinajstić information content (AvgIpc) is 3.48. The van der Waals surface area contributed by atoms with Gasteiger partial charge in [-0.25, -0.2) is 4.98 Å². The van der Waals surface area contributed by atoms with E-state index in [0.29, 0.717) is 17.4 Å². The highest BCUT2D eigenvalue weighted by atomic mass is 32.1. The van der Waals surface area contributed by atoms with Crippen LogP contribution in [0.2, 0.25) is 0 Å². The number of carbonyl (C=O) groups is 1. The van der Waals surface area contributed by atoms with Crippen LogP contribution in [-0.2, 0) is 19.6 Å². The Hall–Kier alpha value is -3.26. The standard InChI is InChI=1S/C26H29N5O2S/c1-2-8-22-25(34-29-28-22)26(32)30-15-13-19(14-16-30)17-31-23-12-7-6-11-21(23)27-24(31)18-33-20-9-4-3-5-10-20/h3-7,9-12,19H,2,8,13-18H2,1H3. The molecule has 0 spiro atoms. The highest BCUT2D eigenvalue weighted by molar-refractivity contribution is 7.08. The third-order valence-electron chi connectivity index (χ3n) is 6.42. The molecule has 1 amide bonds. The molecule has 34 heavy (non-hydrogen) atoms. The van der Waals surface area contributed by atoms with Gasteiger partial charge in [0.1, 0.15) is 23.1 Å². The second kappa shape index (κ2) is 10.3. The fraction of sp³-hybridized carbons (Fsp3) is 0.385. The molecule has 5 rings (SSSR count). The number of aromatic nitrogens is 4. The monoisotopic (exact) mass is 475 g/mol. The predicted octanol–water partition coefficient (Wildman–Crippen LogP) is 4.97. The van der Waals surface area contributed by atoms with Crippen LogP contribution in [0.1, 0.15) is 47.4 Å². The van der Waals surface area contributed by atoms with Crippen LogP contribution in [0.3, 0.4) is 0 Å². The van der Waals surface area contributed by atoms with Gasteiger partial charge in [0, 0.05) is 19.6 Å². The zero-order valence-electron chi connectivity index (χ0n) is 19.4. The van der Waals surface area contributed by atoms with Crippen LogP contribution in [0.4, 0.5) is 0 Å². The first-order chi connectivity index (χ1) is 16.7. The molecule has 1 aliphatic rings. The van der Waals surface area contributed by atoms with E-state index in [0.717, 1.165) is 73.6 Å². The smallest absolute Gasteiger partial charge is 0.267 e. The van der Waals surface area contributed by atoms with E-state index in [1.165, 1.54) is 11.5 Å². The number of fused-ring (bicyclic) bond motifs is 1. The third-order valence-corrected chi connectivity index (χ3v) is 7.18. The van der Waals surface area contributed by atoms with Crippen LogP contribution in [0.5, 0.6) is 5.75 Å². The van der Waals surface area contributed by atoms with Crippen molar-refractivity contribution >= 4 is 28.5 Å². The van der Waals surface area contributed by atoms with Gasteiger partial charge in [0.25, 0.3) is 5.91 Å². The zero-order chi connectivity index (χ0) is 23.3. The van der Waals surface area contributed by atoms with Gasteiger partial charge in [0.15, 0.2) is 0 Å². The van der Waals surface area contributed by atoms with Gasteiger partial charge >= 0.3 is 0 Å². The van der Waals surface area contributed by atoms with E-state index in [1.54, 1.807) is 0 Å². The number of hydrogen-bond acceptors (Lipinski definition) is 6. The van der Waals surface area contributed by atoms with Crippen LogP contribution in [0, 0.1) is 5.92 Å². The summed E-state index contributed by atoms with van der Waals surface area (Å²) in [5, 5.41) is 4.16. The summed E-state index contributed by atoms with van der Waals surface area (Å²) in [6.45, 7) is 4.91. The number of ether oxygens (including phenoxy) is 1. The van der Waals surface area contributed by atoms with Crippen molar-refractivity contribution in [2.24, 2.45) is 5.92 Å². The molecule has 1 aliphatic heterocycles. The molecule has 176 valence electrons. The third kappa shape index (κ3) is 4.82. The molecule has 2 aromatic heterocycles. The van der Waals surface area contributed by atoms with Crippen molar-refractivity contribution in [1.82, 2.24) is 24.0 Å². The lowest BCUT2D eigenvalue weighted by Crippen LogP contribution is -2.39. The maximum Gasteiger partial charge on any atom is 0.267 e. The molecule has 0 saturated carbocycles. The van der Waals surface area contributed by atoms with Gasteiger partial charge in [-0.2, -0.15) is 0 Å². The Labute approximate surface area is 203 Å². The summed E-state index contributed by atoms with van der Waals surface area (Å²) in [7, 11) is 0. The molecule has 0 unspecified atom stereocenters. The van der Waals surface area contributed by atoms with Crippen molar-refractivity contribution in [3.8, 4) is 5.75 Å². The molecule has 7 nitrogen and oxygen atoms in total. The molecule has 0 aliphatic carbocycles. The largest absolute Gasteiger partial charge is 0.486 e. The number of nitrogens with zero attached hydrogens (tertiary/aromatic N) is 5. The SMILES string of the molecule is CCCc1nnsc1C(=O)N1CCC(Cn2c(COc3ccccc3)nc3ccccc32)CC1. The number of amides is 1. The molecule has 8 heteroatoms. The van der Waals surface area contributed by atoms with E-state index in [1.807, 2.05) is 41.3 Å². The number of imidazole rings is 1. The highest BCUT2D eigenvalue weighted by Gasteiger charge is 2.27. The lowest BCUT2D eigenvalue weighted by atomic mass is 9.96. The topological polar surface area (TPSA) is 73.1 Å². The van der Waals surface area contributed by atoms with E-state index >= 15 is 0 Å². The molecular weight excluding hydrogens is 446 g/mol. The summed E-state index contributed by atoms with van der Waals surface area (Å²) in [4.78, 5) is 20.6. The normalized spacial score (nSPS) is 14.6. The number of piperidine rings is 1. The Morgan fingerprint density at radius 1 is 1.09 bits per heavy atom. The van der Waals surface area contributed by atoms with Crippen LogP contribution in [0.15, 0.2) is 54.6 Å². The van der Waals surface area contributed by atoms with Crippen LogP contribution in [-0.4, -0.2) is 43.0 Å². The van der Waals surface area contributed by atoms with E-state index < -0.39 is 0 Å². The molecule has 0 atom stereocenters. The number of benzene rings is 2. The first kappa shape index (κ1) is 22.5. The van der Waals surface area contributed by atoms with Crippen molar-refractivity contribution in [3.63, 3.8) is 0 Å². The Bertz CT molecular complexity index is 1240. The molecule has 4 aromatic rings. The Kier molecular flexibility index (Phi) is 6.85. The summed E-state index contributed by atoms with van der Waals surface area (Å²) in [5.74, 6) is 2.34. The second-order valence-electron chi connectivity index (χ2n) is 8.76. The van der Waals surface area contributed by atoms with Gasteiger partial charge in [0.05, 0.1) is 16.7 Å². The second-order valence-corrected chi connectivity index (χ2v) is 9.52. The van der Waals surface area contributed by atoms with Gasteiger partial charge in [0.2, 0.25) is 0 Å². The summed E-state index contributed by atoms with van der Waals surface area (Å²) in [5.41, 5.74) is 2.96. The first-order valence-corrected chi connectivity index (χ1v) is 12.7. The summed E-state index contributed by atoms with van der Waals surface area (Å²) < 4.78 is 12.3. The van der Waals surface area contributed by atoms with E-state index in [4.69, 9.17) is 9.72 Å². The van der Waals surface area contributed by atoms with E-state index in [9.17, 15) is 4.79 Å². The van der Waals surface area contributed by atoms with Gasteiger partial charge in [-0.05, 0) is 61.0 Å². The number of para-hydroxylation sites is 3. The van der Waals surface area contributed by atoms with Gasteiger partial charge < -0.3 is 14.2 Å². The predicted molar refractivity (Wildman–Crippen MR) is 133 cm³/mol. The molecule has 0 bridgehead atoms. The molecule has 1 saturated heterocycles. The number of rotatable bonds is 8. The molecular formula is C26H29N5O2S. The van der Waals surface area contributed by atoms with Crippen LogP contribution >= 0.6 is 11.5 Å². The highest BCUT2D eigenvalue weighted by Crippen LogP contribution is 2.26. The molecule has 1 fully saturated rings. The van der Waals surface area contributed by atoms with Gasteiger partial charge in [-0.15, -0.1) is 5.10 Å². The fourth-order valence-corrected chi connectivity index (χ4v) is 5.27. The molecule has 0 radical (unpaired) electrons. The zero-order valence-corrected chi connectivity index (χ0v) is 20.2. The minimum Gasteiger partial charge on any atom is -0.486 e. The fourth-order valence-electron chi connectivity index (χ4n) is 4.60. The average molecular weight is 476 g/mol. The number of aryl methyl sites for hydroxylation is 1. The Morgan fingerprint density at radius 2 is 1.85 bits per heavy atom. The minimum absolute atomic E-state index is 0.0851. The van der Waals surface area contributed by atoms with Crippen LogP contribution < -0.4 is 4.74 Å². The van der Waals surface area contributed by atoms with E-state index in [2.05, 4.69) is 39.3 Å². The number of hydrogen-bond donors (Lipinski definition) is 0. The van der Waals surface area contributed by atoms with Crippen LogP contribution in [0.25, 0.3) is 11.0 Å². The first-order valence-electron chi connectivity index (χ1n) is 12.0. The van der Waals surface area contributed by atoms with Crippen molar-refractivity contribution in [1.29, 1.82) is 0 Å². The maximum absolute atomic E-state index is 13.1. The van der Waals surface area contributed by atoms with Crippen molar-refractivity contribution in [2.75, 3.05) is 13.1 Å². The molecule has 3 heterocycles. The lowest BCUT2D eigenvalue weighted by Gasteiger charge is -2.32.